The molecule has 1 unspecified atom stereocenters. The Bertz CT molecular complexity index is 762. The van der Waals surface area contributed by atoms with Gasteiger partial charge in [-0.3, -0.25) is 0 Å². The Morgan fingerprint density at radius 2 is 1.69 bits per heavy atom. The first-order valence-corrected chi connectivity index (χ1v) is 10.7. The van der Waals surface area contributed by atoms with Crippen LogP contribution in [0, 0.1) is 0 Å². The summed E-state index contributed by atoms with van der Waals surface area (Å²) in [5.74, 6) is -0.561. The van der Waals surface area contributed by atoms with Crippen molar-refractivity contribution >= 4 is 28.6 Å². The van der Waals surface area contributed by atoms with Crippen molar-refractivity contribution in [3.8, 4) is 0 Å². The van der Waals surface area contributed by atoms with Crippen LogP contribution in [0.25, 0.3) is 0 Å². The molecule has 0 spiro atoms. The van der Waals surface area contributed by atoms with Crippen molar-refractivity contribution in [2.45, 2.75) is 48.8 Å². The number of epoxide rings is 1. The summed E-state index contributed by atoms with van der Waals surface area (Å²) in [5.41, 5.74) is -1.72. The third-order valence-corrected chi connectivity index (χ3v) is 8.32. The quantitative estimate of drug-likeness (QED) is 0.493. The molecule has 0 aromatic carbocycles. The lowest BCUT2D eigenvalue weighted by atomic mass is 9.95. The Morgan fingerprint density at radius 3 is 2.15 bits per heavy atom. The van der Waals surface area contributed by atoms with Gasteiger partial charge in [-0.25, -0.2) is 4.79 Å². The number of esters is 1. The molecule has 5 nitrogen and oxygen atoms in total. The van der Waals surface area contributed by atoms with Gasteiger partial charge in [0, 0.05) is 12.8 Å². The summed E-state index contributed by atoms with van der Waals surface area (Å²) >= 11 is 2.74. The minimum atomic E-state index is -1.72. The SMILES string of the molecule is C[N+]1(C)[C@@H]2CC(OC(=O)C(O)(c3cccs3)c3cccs3)C[C@H]1[C@H]1O[C@@H]12. The lowest BCUT2D eigenvalue weighted by molar-refractivity contribution is -0.938. The number of thiophene rings is 2. The maximum absolute atomic E-state index is 13.1. The van der Waals surface area contributed by atoms with Crippen molar-refractivity contribution in [1.29, 1.82) is 0 Å². The summed E-state index contributed by atoms with van der Waals surface area (Å²) in [6.07, 6.45) is 2.05. The lowest BCUT2D eigenvalue weighted by Crippen LogP contribution is -2.60. The third-order valence-electron chi connectivity index (χ3n) is 6.36. The summed E-state index contributed by atoms with van der Waals surface area (Å²) in [6, 6.07) is 8.01. The van der Waals surface area contributed by atoms with Crippen LogP contribution in [0.4, 0.5) is 0 Å². The number of morpholine rings is 1. The van der Waals surface area contributed by atoms with Crippen LogP contribution in [0.1, 0.15) is 22.6 Å². The predicted octanol–water partition coefficient (Wildman–Crippen LogP) is 2.35. The first-order chi connectivity index (χ1) is 12.4. The van der Waals surface area contributed by atoms with Crippen LogP contribution in [0.2, 0.25) is 0 Å². The summed E-state index contributed by atoms with van der Waals surface area (Å²) < 4.78 is 12.6. The van der Waals surface area contributed by atoms with Gasteiger partial charge in [0.2, 0.25) is 5.60 Å². The number of ether oxygens (including phenoxy) is 2. The van der Waals surface area contributed by atoms with Crippen molar-refractivity contribution in [2.75, 3.05) is 14.1 Å². The number of quaternary nitrogens is 1. The van der Waals surface area contributed by atoms with Gasteiger partial charge in [0.15, 0.2) is 0 Å². The Kier molecular flexibility index (Phi) is 3.65. The highest BCUT2D eigenvalue weighted by Crippen LogP contribution is 2.52. The molecule has 2 bridgehead atoms. The predicted molar refractivity (Wildman–Crippen MR) is 99.1 cm³/mol. The molecule has 7 heteroatoms. The monoisotopic (exact) mass is 392 g/mol. The van der Waals surface area contributed by atoms with E-state index in [1.807, 2.05) is 22.9 Å². The van der Waals surface area contributed by atoms with E-state index in [0.717, 1.165) is 17.3 Å². The maximum Gasteiger partial charge on any atom is 0.349 e. The van der Waals surface area contributed by atoms with Crippen molar-refractivity contribution in [1.82, 2.24) is 0 Å². The molecule has 0 radical (unpaired) electrons. The van der Waals surface area contributed by atoms with Gasteiger partial charge < -0.3 is 19.1 Å². The van der Waals surface area contributed by atoms with Crippen LogP contribution < -0.4 is 0 Å². The molecule has 5 rings (SSSR count). The number of nitrogens with zero attached hydrogens (tertiary/aromatic N) is 1. The second-order valence-corrected chi connectivity index (χ2v) is 9.89. The average molecular weight is 393 g/mol. The number of piperidine rings is 1. The van der Waals surface area contributed by atoms with Crippen LogP contribution in [0.5, 0.6) is 0 Å². The minimum absolute atomic E-state index is 0.161. The number of hydrogen-bond acceptors (Lipinski definition) is 6. The fraction of sp³-hybridized carbons (Fsp3) is 0.526. The van der Waals surface area contributed by atoms with Gasteiger partial charge in [-0.15, -0.1) is 22.7 Å². The first kappa shape index (κ1) is 16.9. The van der Waals surface area contributed by atoms with Gasteiger partial charge in [-0.2, -0.15) is 0 Å². The number of hydrogen-bond donors (Lipinski definition) is 1. The van der Waals surface area contributed by atoms with E-state index in [4.69, 9.17) is 9.47 Å². The second kappa shape index (κ2) is 5.62. The Hall–Kier alpha value is -1.25. The van der Waals surface area contributed by atoms with E-state index in [9.17, 15) is 9.90 Å². The van der Waals surface area contributed by atoms with E-state index in [-0.39, 0.29) is 6.10 Å². The van der Waals surface area contributed by atoms with E-state index in [1.165, 1.54) is 22.7 Å². The number of fused-ring (bicyclic) bond motifs is 5. The van der Waals surface area contributed by atoms with Crippen LogP contribution in [-0.2, 0) is 19.9 Å². The molecule has 3 aliphatic rings. The van der Waals surface area contributed by atoms with Crippen LogP contribution in [0.3, 0.4) is 0 Å². The summed E-state index contributed by atoms with van der Waals surface area (Å²) in [4.78, 5) is 14.3. The van der Waals surface area contributed by atoms with Gasteiger partial charge in [-0.1, -0.05) is 12.1 Å². The standard InChI is InChI=1S/C19H22NO4S2/c1-20(2)12-9-11(10-13(20)17-16(12)24-17)23-18(21)19(22,14-5-3-7-25-14)15-6-4-8-26-15/h3-8,11-13,16-17,22H,9-10H2,1-2H3/q+1/t11?,12-,13+,16-,17-/m1/s1. The van der Waals surface area contributed by atoms with E-state index < -0.39 is 11.6 Å². The van der Waals surface area contributed by atoms with E-state index in [2.05, 4.69) is 14.1 Å². The van der Waals surface area contributed by atoms with Crippen LogP contribution in [-0.4, -0.2) is 60.0 Å². The van der Waals surface area contributed by atoms with Crippen molar-refractivity contribution in [3.05, 3.63) is 44.8 Å². The minimum Gasteiger partial charge on any atom is -0.459 e. The molecule has 2 aromatic heterocycles. The Labute approximate surface area is 160 Å². The van der Waals surface area contributed by atoms with Gasteiger partial charge in [-0.05, 0) is 22.9 Å². The summed E-state index contributed by atoms with van der Waals surface area (Å²) in [7, 11) is 4.49. The molecule has 0 amide bonds. The number of carbonyl (C=O) groups excluding carboxylic acids is 1. The van der Waals surface area contributed by atoms with Gasteiger partial charge in [0.05, 0.1) is 23.8 Å². The average Bonchev–Trinajstić information content (AvgIpc) is 2.98. The van der Waals surface area contributed by atoms with Crippen molar-refractivity contribution in [2.24, 2.45) is 0 Å². The molecule has 3 aliphatic heterocycles. The Morgan fingerprint density at radius 1 is 1.15 bits per heavy atom. The zero-order chi connectivity index (χ0) is 18.1. The number of carbonyl (C=O) groups is 1. The molecule has 3 saturated heterocycles. The summed E-state index contributed by atoms with van der Waals surface area (Å²) in [6.45, 7) is 0. The van der Waals surface area contributed by atoms with Crippen LogP contribution in [0.15, 0.2) is 35.0 Å². The number of likely N-dealkylation sites (N-methyl/N-ethyl adjacent to an activating group) is 1. The maximum atomic E-state index is 13.1. The molecule has 0 aliphatic carbocycles. The third kappa shape index (κ3) is 2.28. The molecule has 26 heavy (non-hydrogen) atoms. The highest BCUT2D eigenvalue weighted by molar-refractivity contribution is 7.12. The molecule has 2 aromatic rings. The second-order valence-electron chi connectivity index (χ2n) is 7.99. The fourth-order valence-electron chi connectivity index (χ4n) is 4.83. The number of rotatable bonds is 4. The smallest absolute Gasteiger partial charge is 0.349 e. The van der Waals surface area contributed by atoms with E-state index in [1.54, 1.807) is 12.1 Å². The molecular formula is C19H22NO4S2+. The molecule has 1 N–H and O–H groups in total. The van der Waals surface area contributed by atoms with Crippen LogP contribution >= 0.6 is 22.7 Å². The van der Waals surface area contributed by atoms with Gasteiger partial charge in [0.25, 0.3) is 0 Å². The molecule has 5 atom stereocenters. The van der Waals surface area contributed by atoms with E-state index >= 15 is 0 Å². The molecule has 138 valence electrons. The molecule has 5 heterocycles. The fourth-order valence-corrected chi connectivity index (χ4v) is 6.54. The van der Waals surface area contributed by atoms with E-state index in [0.29, 0.717) is 34.0 Å². The highest BCUT2D eigenvalue weighted by atomic mass is 32.1. The lowest BCUT2D eigenvalue weighted by Gasteiger charge is -2.45. The van der Waals surface area contributed by atoms with Crippen molar-refractivity contribution < 1.29 is 23.9 Å². The molecular weight excluding hydrogens is 370 g/mol. The highest BCUT2D eigenvalue weighted by Gasteiger charge is 2.71. The molecule has 3 fully saturated rings. The first-order valence-electron chi connectivity index (χ1n) is 8.92. The summed E-state index contributed by atoms with van der Waals surface area (Å²) in [5, 5.41) is 15.1. The Balaban J connectivity index is 1.40. The zero-order valence-corrected chi connectivity index (χ0v) is 16.3. The zero-order valence-electron chi connectivity index (χ0n) is 14.7. The normalized spacial score (nSPS) is 34.3. The van der Waals surface area contributed by atoms with Crippen molar-refractivity contribution in [3.63, 3.8) is 0 Å². The number of aliphatic hydroxyl groups is 1. The topological polar surface area (TPSA) is 59.1 Å². The molecule has 0 saturated carbocycles. The largest absolute Gasteiger partial charge is 0.459 e. The van der Waals surface area contributed by atoms with Gasteiger partial charge in [0.1, 0.15) is 30.4 Å². The van der Waals surface area contributed by atoms with Gasteiger partial charge >= 0.3 is 5.97 Å².